The van der Waals surface area contributed by atoms with Gasteiger partial charge in [0.05, 0.1) is 12.4 Å². The molecule has 1 aliphatic rings. The fourth-order valence-electron chi connectivity index (χ4n) is 2.80. The second kappa shape index (κ2) is 6.47. The monoisotopic (exact) mass is 347 g/mol. The van der Waals surface area contributed by atoms with E-state index in [1.807, 2.05) is 19.1 Å². The van der Waals surface area contributed by atoms with Crippen molar-refractivity contribution in [3.63, 3.8) is 0 Å². The Morgan fingerprint density at radius 3 is 2.00 bits per heavy atom. The van der Waals surface area contributed by atoms with Gasteiger partial charge in [-0.1, -0.05) is 41.5 Å². The van der Waals surface area contributed by atoms with E-state index in [-0.39, 0.29) is 16.6 Å². The van der Waals surface area contributed by atoms with Crippen molar-refractivity contribution in [3.8, 4) is 5.75 Å². The minimum Gasteiger partial charge on any atom is -0.507 e. The van der Waals surface area contributed by atoms with Crippen LogP contribution >= 0.6 is 11.8 Å². The van der Waals surface area contributed by atoms with Crippen molar-refractivity contribution in [1.29, 1.82) is 0 Å². The van der Waals surface area contributed by atoms with Crippen LogP contribution < -0.4 is 0 Å². The quantitative estimate of drug-likeness (QED) is 0.778. The molecular formula is C20H29NO2S. The van der Waals surface area contributed by atoms with Crippen LogP contribution in [0.2, 0.25) is 0 Å². The lowest BCUT2D eigenvalue weighted by molar-refractivity contribution is 0.0958. The molecule has 0 fully saturated rings. The van der Waals surface area contributed by atoms with Crippen molar-refractivity contribution >= 4 is 17.5 Å². The van der Waals surface area contributed by atoms with E-state index in [0.717, 1.165) is 22.7 Å². The summed E-state index contributed by atoms with van der Waals surface area (Å²) in [4.78, 5) is 14.9. The van der Waals surface area contributed by atoms with E-state index in [2.05, 4.69) is 51.9 Å². The molecule has 3 nitrogen and oxygen atoms in total. The molecule has 2 rings (SSSR count). The molecule has 0 bridgehead atoms. The summed E-state index contributed by atoms with van der Waals surface area (Å²) in [7, 11) is 0. The Hall–Kier alpha value is -1.42. The number of Topliss-reactive ketones (excluding diaryl/α,β-unsaturated/α-hetero) is 1. The van der Waals surface area contributed by atoms with Gasteiger partial charge in [0.1, 0.15) is 5.75 Å². The summed E-state index contributed by atoms with van der Waals surface area (Å²) in [6.07, 6.45) is 0. The predicted molar refractivity (Wildman–Crippen MR) is 103 cm³/mol. The van der Waals surface area contributed by atoms with Gasteiger partial charge >= 0.3 is 0 Å². The number of carbonyl (C=O) groups is 1. The number of phenolic OH excluding ortho intramolecular Hbond substituents is 1. The molecule has 0 unspecified atom stereocenters. The highest BCUT2D eigenvalue weighted by Gasteiger charge is 2.28. The van der Waals surface area contributed by atoms with Gasteiger partial charge in [0.15, 0.2) is 5.78 Å². The molecule has 1 aromatic rings. The van der Waals surface area contributed by atoms with E-state index < -0.39 is 0 Å². The maximum Gasteiger partial charge on any atom is 0.182 e. The van der Waals surface area contributed by atoms with E-state index >= 15 is 0 Å². The van der Waals surface area contributed by atoms with E-state index in [4.69, 9.17) is 0 Å². The average Bonchev–Trinajstić information content (AvgIpc) is 2.81. The van der Waals surface area contributed by atoms with Crippen LogP contribution in [-0.4, -0.2) is 28.2 Å². The zero-order valence-electron chi connectivity index (χ0n) is 15.9. The summed E-state index contributed by atoms with van der Waals surface area (Å²) in [6, 6.07) is 3.74. The Bertz CT molecular complexity index is 643. The van der Waals surface area contributed by atoms with Crippen molar-refractivity contribution in [1.82, 2.24) is 4.90 Å². The number of hydrogen-bond donors (Lipinski definition) is 1. The van der Waals surface area contributed by atoms with E-state index in [1.165, 1.54) is 0 Å². The Kier molecular flexibility index (Phi) is 5.10. The first-order chi connectivity index (χ1) is 10.9. The molecule has 0 aliphatic carbocycles. The van der Waals surface area contributed by atoms with E-state index in [9.17, 15) is 9.90 Å². The van der Waals surface area contributed by atoms with Gasteiger partial charge in [-0.2, -0.15) is 0 Å². The summed E-state index contributed by atoms with van der Waals surface area (Å²) < 4.78 is 0. The normalized spacial score (nSPS) is 15.6. The highest BCUT2D eigenvalue weighted by atomic mass is 32.2. The van der Waals surface area contributed by atoms with Gasteiger partial charge in [-0.15, -0.1) is 11.8 Å². The lowest BCUT2D eigenvalue weighted by atomic mass is 9.78. The number of allylic oxidation sites excluding steroid dienone is 1. The summed E-state index contributed by atoms with van der Waals surface area (Å²) in [6.45, 7) is 14.8. The number of ketones is 1. The number of aromatic hydroxyl groups is 1. The molecule has 1 aromatic carbocycles. The minimum atomic E-state index is -0.223. The molecule has 0 saturated heterocycles. The molecule has 0 aromatic heterocycles. The van der Waals surface area contributed by atoms with Gasteiger partial charge in [-0.3, -0.25) is 4.79 Å². The maximum atomic E-state index is 12.9. The minimum absolute atomic E-state index is 0.0984. The Morgan fingerprint density at radius 1 is 1.12 bits per heavy atom. The number of carbonyl (C=O) groups excluding carboxylic acids is 1. The second-order valence-corrected chi connectivity index (χ2v) is 9.42. The van der Waals surface area contributed by atoms with Crippen molar-refractivity contribution in [2.24, 2.45) is 0 Å². The summed E-state index contributed by atoms with van der Waals surface area (Å²) in [5.41, 5.74) is 3.05. The second-order valence-electron chi connectivity index (χ2n) is 8.60. The lowest BCUT2D eigenvalue weighted by Crippen LogP contribution is -2.26. The SMILES string of the molecule is CC1=CSCN1CC(=O)c1cc(C(C)(C)C)c(O)c(C(C)(C)C)c1. The number of thioether (sulfide) groups is 1. The molecule has 0 amide bonds. The van der Waals surface area contributed by atoms with Crippen molar-refractivity contribution in [3.05, 3.63) is 39.9 Å². The number of hydrogen-bond acceptors (Lipinski definition) is 4. The molecular weight excluding hydrogens is 318 g/mol. The Labute approximate surface area is 150 Å². The average molecular weight is 348 g/mol. The fourth-order valence-corrected chi connectivity index (χ4v) is 3.74. The number of nitrogens with zero attached hydrogens (tertiary/aromatic N) is 1. The largest absolute Gasteiger partial charge is 0.507 e. The predicted octanol–water partition coefficient (Wildman–Crippen LogP) is 5.04. The smallest absolute Gasteiger partial charge is 0.182 e. The Balaban J connectivity index is 2.46. The summed E-state index contributed by atoms with van der Waals surface area (Å²) in [5, 5.41) is 12.8. The van der Waals surface area contributed by atoms with Crippen LogP contribution in [0.4, 0.5) is 0 Å². The highest BCUT2D eigenvalue weighted by Crippen LogP contribution is 2.40. The van der Waals surface area contributed by atoms with Crippen molar-refractivity contribution < 1.29 is 9.90 Å². The van der Waals surface area contributed by atoms with Gasteiger partial charge in [0.25, 0.3) is 0 Å². The molecule has 0 saturated carbocycles. The van der Waals surface area contributed by atoms with Crippen molar-refractivity contribution in [2.45, 2.75) is 59.3 Å². The Morgan fingerprint density at radius 2 is 1.62 bits per heavy atom. The van der Waals surface area contributed by atoms with Crippen LogP contribution in [0.1, 0.15) is 70.0 Å². The third-order valence-electron chi connectivity index (χ3n) is 4.37. The van der Waals surface area contributed by atoms with E-state index in [0.29, 0.717) is 17.9 Å². The van der Waals surface area contributed by atoms with Gasteiger partial charge in [0.2, 0.25) is 0 Å². The van der Waals surface area contributed by atoms with Crippen LogP contribution in [0.15, 0.2) is 23.2 Å². The number of benzene rings is 1. The molecule has 1 N–H and O–H groups in total. The molecule has 1 heterocycles. The van der Waals surface area contributed by atoms with Crippen LogP contribution in [0, 0.1) is 0 Å². The first-order valence-electron chi connectivity index (χ1n) is 8.36. The first kappa shape index (κ1) is 18.9. The van der Waals surface area contributed by atoms with Crippen LogP contribution in [0.3, 0.4) is 0 Å². The fraction of sp³-hybridized carbons (Fsp3) is 0.550. The van der Waals surface area contributed by atoms with Gasteiger partial charge in [-0.05, 0) is 35.3 Å². The molecule has 4 heteroatoms. The maximum absolute atomic E-state index is 12.9. The molecule has 1 aliphatic heterocycles. The molecule has 24 heavy (non-hydrogen) atoms. The third kappa shape index (κ3) is 3.97. The van der Waals surface area contributed by atoms with Gasteiger partial charge < -0.3 is 10.0 Å². The molecule has 0 atom stereocenters. The number of phenols is 1. The third-order valence-corrected chi connectivity index (χ3v) is 5.33. The van der Waals surface area contributed by atoms with E-state index in [1.54, 1.807) is 11.8 Å². The van der Waals surface area contributed by atoms with Crippen LogP contribution in [0.5, 0.6) is 5.75 Å². The topological polar surface area (TPSA) is 40.5 Å². The molecule has 0 spiro atoms. The first-order valence-corrected chi connectivity index (χ1v) is 9.40. The van der Waals surface area contributed by atoms with Crippen LogP contribution in [0.25, 0.3) is 0 Å². The van der Waals surface area contributed by atoms with Crippen LogP contribution in [-0.2, 0) is 10.8 Å². The lowest BCUT2D eigenvalue weighted by Gasteiger charge is -2.28. The standard InChI is InChI=1S/C20H29NO2S/c1-13-11-24-12-21(13)10-17(22)14-8-15(19(2,3)4)18(23)16(9-14)20(5,6)7/h8-9,11,23H,10,12H2,1-7H3. The number of rotatable bonds is 3. The zero-order valence-corrected chi connectivity index (χ0v) is 16.7. The zero-order chi connectivity index (χ0) is 18.3. The summed E-state index contributed by atoms with van der Waals surface area (Å²) in [5.74, 6) is 1.24. The summed E-state index contributed by atoms with van der Waals surface area (Å²) >= 11 is 1.72. The molecule has 0 radical (unpaired) electrons. The van der Waals surface area contributed by atoms with Gasteiger partial charge in [-0.25, -0.2) is 0 Å². The highest BCUT2D eigenvalue weighted by molar-refractivity contribution is 8.02. The van der Waals surface area contributed by atoms with Crippen molar-refractivity contribution in [2.75, 3.05) is 12.4 Å². The van der Waals surface area contributed by atoms with Gasteiger partial charge in [0, 0.05) is 22.4 Å². The molecule has 132 valence electrons.